The Kier molecular flexibility index (Phi) is 1.88. The first-order valence-corrected chi connectivity index (χ1v) is 3.95. The molecule has 0 unspecified atom stereocenters. The van der Waals surface area contributed by atoms with Crippen molar-refractivity contribution in [1.82, 2.24) is 15.0 Å². The summed E-state index contributed by atoms with van der Waals surface area (Å²) in [5, 5.41) is 7.89. The molecule has 0 amide bonds. The lowest BCUT2D eigenvalue weighted by Crippen LogP contribution is -1.99. The molecule has 0 atom stereocenters. The largest absolute Gasteiger partial charge is 0.399 e. The van der Waals surface area contributed by atoms with Crippen LogP contribution in [0.4, 0.5) is 11.4 Å². The van der Waals surface area contributed by atoms with Crippen LogP contribution in [0, 0.1) is 6.57 Å². The molecule has 0 aliphatic heterocycles. The van der Waals surface area contributed by atoms with Gasteiger partial charge in [0.05, 0.1) is 24.7 Å². The van der Waals surface area contributed by atoms with E-state index in [1.165, 1.54) is 4.80 Å². The lowest BCUT2D eigenvalue weighted by Gasteiger charge is -2.03. The van der Waals surface area contributed by atoms with Crippen LogP contribution >= 0.6 is 0 Å². The third-order valence-corrected chi connectivity index (χ3v) is 1.75. The second kappa shape index (κ2) is 3.18. The van der Waals surface area contributed by atoms with Gasteiger partial charge in [-0.15, -0.1) is 0 Å². The van der Waals surface area contributed by atoms with Crippen molar-refractivity contribution >= 4 is 11.4 Å². The maximum atomic E-state index is 6.97. The van der Waals surface area contributed by atoms with Crippen molar-refractivity contribution in [3.63, 3.8) is 0 Å². The zero-order chi connectivity index (χ0) is 9.97. The Hall–Kier alpha value is -2.35. The van der Waals surface area contributed by atoms with Crippen molar-refractivity contribution in [2.45, 2.75) is 0 Å². The summed E-state index contributed by atoms with van der Waals surface area (Å²) in [7, 11) is 0. The molecule has 2 N–H and O–H groups in total. The Labute approximate surface area is 80.6 Å². The molecule has 0 saturated carbocycles. The van der Waals surface area contributed by atoms with E-state index in [-0.39, 0.29) is 0 Å². The van der Waals surface area contributed by atoms with Gasteiger partial charge in [0.15, 0.2) is 0 Å². The van der Waals surface area contributed by atoms with Crippen LogP contribution < -0.4 is 5.73 Å². The van der Waals surface area contributed by atoms with E-state index in [1.807, 2.05) is 0 Å². The molecule has 5 heteroatoms. The standard InChI is InChI=1S/C9H7N5/c1-11-8-3-2-7(10)6-9(8)14-12-4-5-13-14/h2-6H,10H2. The van der Waals surface area contributed by atoms with Gasteiger partial charge in [0.25, 0.3) is 0 Å². The van der Waals surface area contributed by atoms with Crippen LogP contribution in [0.5, 0.6) is 0 Å². The number of hydrogen-bond acceptors (Lipinski definition) is 3. The molecule has 2 rings (SSSR count). The van der Waals surface area contributed by atoms with E-state index in [1.54, 1.807) is 30.6 Å². The second-order valence-electron chi connectivity index (χ2n) is 2.68. The van der Waals surface area contributed by atoms with Gasteiger partial charge < -0.3 is 5.73 Å². The minimum atomic E-state index is 0.482. The molecule has 5 nitrogen and oxygen atoms in total. The quantitative estimate of drug-likeness (QED) is 0.539. The summed E-state index contributed by atoms with van der Waals surface area (Å²) < 4.78 is 0. The number of rotatable bonds is 1. The van der Waals surface area contributed by atoms with Gasteiger partial charge in [-0.3, -0.25) is 0 Å². The number of hydrogen-bond donors (Lipinski definition) is 1. The lowest BCUT2D eigenvalue weighted by atomic mass is 10.2. The van der Waals surface area contributed by atoms with Gasteiger partial charge in [-0.25, -0.2) is 4.85 Å². The molecule has 0 aliphatic rings. The first-order chi connectivity index (χ1) is 6.81. The molecular formula is C9H7N5. The average Bonchev–Trinajstić information content (AvgIpc) is 2.70. The van der Waals surface area contributed by atoms with Crippen molar-refractivity contribution in [3.05, 3.63) is 42.0 Å². The number of nitrogens with zero attached hydrogens (tertiary/aromatic N) is 4. The molecular weight excluding hydrogens is 178 g/mol. The fraction of sp³-hybridized carbons (Fsp3) is 0. The smallest absolute Gasteiger partial charge is 0.214 e. The van der Waals surface area contributed by atoms with E-state index in [9.17, 15) is 0 Å². The van der Waals surface area contributed by atoms with Crippen LogP contribution in [0.25, 0.3) is 10.5 Å². The molecule has 0 bridgehead atoms. The number of nitrogen functional groups attached to an aromatic ring is 1. The Morgan fingerprint density at radius 2 is 2.00 bits per heavy atom. The maximum absolute atomic E-state index is 6.97. The Balaban J connectivity index is 2.63. The first kappa shape index (κ1) is 8.26. The van der Waals surface area contributed by atoms with Gasteiger partial charge in [0.1, 0.15) is 0 Å². The SMILES string of the molecule is [C-]#[N+]c1ccc(N)cc1-n1nccn1. The normalized spacial score (nSPS) is 9.64. The summed E-state index contributed by atoms with van der Waals surface area (Å²) in [6.07, 6.45) is 3.10. The number of benzene rings is 1. The van der Waals surface area contributed by atoms with E-state index in [0.717, 1.165) is 0 Å². The molecule has 0 fully saturated rings. The summed E-state index contributed by atoms with van der Waals surface area (Å²) in [6.45, 7) is 6.97. The van der Waals surface area contributed by atoms with Crippen molar-refractivity contribution in [3.8, 4) is 5.69 Å². The molecule has 68 valence electrons. The van der Waals surface area contributed by atoms with Gasteiger partial charge >= 0.3 is 0 Å². The van der Waals surface area contributed by atoms with Crippen LogP contribution in [0.2, 0.25) is 0 Å². The monoisotopic (exact) mass is 185 g/mol. The van der Waals surface area contributed by atoms with Crippen molar-refractivity contribution < 1.29 is 0 Å². The zero-order valence-corrected chi connectivity index (χ0v) is 7.25. The predicted molar refractivity (Wildman–Crippen MR) is 52.0 cm³/mol. The lowest BCUT2D eigenvalue weighted by molar-refractivity contribution is 0.755. The summed E-state index contributed by atoms with van der Waals surface area (Å²) in [5.74, 6) is 0. The molecule has 1 heterocycles. The number of nitrogens with two attached hydrogens (primary N) is 1. The van der Waals surface area contributed by atoms with Crippen LogP contribution in [-0.4, -0.2) is 15.0 Å². The number of aromatic nitrogens is 3. The molecule has 0 radical (unpaired) electrons. The summed E-state index contributed by atoms with van der Waals surface area (Å²) in [5.41, 5.74) is 7.29. The van der Waals surface area contributed by atoms with Gasteiger partial charge in [0, 0.05) is 5.69 Å². The minimum Gasteiger partial charge on any atom is -0.399 e. The van der Waals surface area contributed by atoms with Crippen molar-refractivity contribution in [1.29, 1.82) is 0 Å². The molecule has 0 spiro atoms. The van der Waals surface area contributed by atoms with Gasteiger partial charge in [-0.1, -0.05) is 6.07 Å². The van der Waals surface area contributed by atoms with E-state index >= 15 is 0 Å². The third kappa shape index (κ3) is 1.29. The highest BCUT2D eigenvalue weighted by atomic mass is 15.5. The molecule has 14 heavy (non-hydrogen) atoms. The maximum Gasteiger partial charge on any atom is 0.214 e. The third-order valence-electron chi connectivity index (χ3n) is 1.75. The van der Waals surface area contributed by atoms with Gasteiger partial charge in [0.2, 0.25) is 5.69 Å². The van der Waals surface area contributed by atoms with E-state index in [2.05, 4.69) is 15.0 Å². The highest BCUT2D eigenvalue weighted by Gasteiger charge is 2.05. The highest BCUT2D eigenvalue weighted by Crippen LogP contribution is 2.24. The second-order valence-corrected chi connectivity index (χ2v) is 2.68. The van der Waals surface area contributed by atoms with Crippen LogP contribution in [0.15, 0.2) is 30.6 Å². The summed E-state index contributed by atoms with van der Waals surface area (Å²) in [6, 6.07) is 5.01. The summed E-state index contributed by atoms with van der Waals surface area (Å²) >= 11 is 0. The zero-order valence-electron chi connectivity index (χ0n) is 7.25. The summed E-state index contributed by atoms with van der Waals surface area (Å²) in [4.78, 5) is 4.74. The van der Waals surface area contributed by atoms with Crippen LogP contribution in [0.3, 0.4) is 0 Å². The van der Waals surface area contributed by atoms with E-state index in [4.69, 9.17) is 12.3 Å². The Bertz CT molecular complexity index is 480. The highest BCUT2D eigenvalue weighted by molar-refractivity contribution is 5.66. The predicted octanol–water partition coefficient (Wildman–Crippen LogP) is 1.40. The van der Waals surface area contributed by atoms with Crippen LogP contribution in [-0.2, 0) is 0 Å². The fourth-order valence-corrected chi connectivity index (χ4v) is 1.14. The molecule has 1 aromatic carbocycles. The van der Waals surface area contributed by atoms with E-state index in [0.29, 0.717) is 17.1 Å². The van der Waals surface area contributed by atoms with Gasteiger partial charge in [-0.05, 0) is 12.1 Å². The first-order valence-electron chi connectivity index (χ1n) is 3.95. The average molecular weight is 185 g/mol. The van der Waals surface area contributed by atoms with Crippen molar-refractivity contribution in [2.24, 2.45) is 0 Å². The fourth-order valence-electron chi connectivity index (χ4n) is 1.14. The van der Waals surface area contributed by atoms with Gasteiger partial charge in [-0.2, -0.15) is 15.0 Å². The molecule has 2 aromatic rings. The molecule has 0 saturated heterocycles. The van der Waals surface area contributed by atoms with Crippen LogP contribution in [0.1, 0.15) is 0 Å². The molecule has 1 aromatic heterocycles. The van der Waals surface area contributed by atoms with E-state index < -0.39 is 0 Å². The molecule has 0 aliphatic carbocycles. The number of anilines is 1. The van der Waals surface area contributed by atoms with Crippen molar-refractivity contribution in [2.75, 3.05) is 5.73 Å². The minimum absolute atomic E-state index is 0.482. The topological polar surface area (TPSA) is 61.1 Å². The Morgan fingerprint density at radius 1 is 1.29 bits per heavy atom. The Morgan fingerprint density at radius 3 is 2.64 bits per heavy atom.